The third-order valence-corrected chi connectivity index (χ3v) is 3.34. The number of benzene rings is 1. The van der Waals surface area contributed by atoms with E-state index in [2.05, 4.69) is 12.2 Å². The topological polar surface area (TPSA) is 32.3 Å². The van der Waals surface area contributed by atoms with Crippen LogP contribution in [0, 0.1) is 6.92 Å². The van der Waals surface area contributed by atoms with Gasteiger partial charge in [-0.05, 0) is 45.2 Å². The minimum absolute atomic E-state index is 0.0288. The van der Waals surface area contributed by atoms with E-state index < -0.39 is 0 Å². The lowest BCUT2D eigenvalue weighted by Crippen LogP contribution is -2.47. The normalized spacial score (nSPS) is 15.2. The van der Waals surface area contributed by atoms with Crippen LogP contribution in [0.1, 0.15) is 31.7 Å². The van der Waals surface area contributed by atoms with Crippen molar-refractivity contribution < 1.29 is 4.79 Å². The van der Waals surface area contributed by atoms with Crippen molar-refractivity contribution in [1.29, 1.82) is 0 Å². The Morgan fingerprint density at radius 1 is 1.35 bits per heavy atom. The molecule has 0 unspecified atom stereocenters. The molecule has 1 aliphatic rings. The highest BCUT2D eigenvalue weighted by Gasteiger charge is 2.22. The highest BCUT2D eigenvalue weighted by Crippen LogP contribution is 2.20. The Bertz CT molecular complexity index is 382. The third kappa shape index (κ3) is 2.78. The molecule has 1 aromatic rings. The van der Waals surface area contributed by atoms with Crippen LogP contribution in [0.2, 0.25) is 0 Å². The lowest BCUT2D eigenvalue weighted by Gasteiger charge is -2.30. The number of carbonyl (C=O) groups is 1. The second kappa shape index (κ2) is 5.21. The first kappa shape index (κ1) is 12.0. The summed E-state index contributed by atoms with van der Waals surface area (Å²) in [5.74, 6) is 0. The quantitative estimate of drug-likeness (QED) is 0.853. The fourth-order valence-electron chi connectivity index (χ4n) is 1.97. The number of hydrogen-bond acceptors (Lipinski definition) is 1. The van der Waals surface area contributed by atoms with Gasteiger partial charge in [-0.2, -0.15) is 0 Å². The molecule has 2 amide bonds. The Hall–Kier alpha value is -1.51. The van der Waals surface area contributed by atoms with Crippen LogP contribution >= 0.6 is 0 Å². The molecule has 3 heteroatoms. The van der Waals surface area contributed by atoms with E-state index in [0.717, 1.165) is 18.5 Å². The number of aryl methyl sites for hydroxylation is 1. The van der Waals surface area contributed by atoms with Crippen molar-refractivity contribution >= 4 is 11.7 Å². The van der Waals surface area contributed by atoms with E-state index in [1.54, 1.807) is 4.90 Å². The van der Waals surface area contributed by atoms with Crippen LogP contribution in [0.4, 0.5) is 10.5 Å². The van der Waals surface area contributed by atoms with E-state index in [0.29, 0.717) is 12.6 Å². The van der Waals surface area contributed by atoms with E-state index in [4.69, 9.17) is 0 Å². The van der Waals surface area contributed by atoms with Crippen molar-refractivity contribution in [3.05, 3.63) is 29.8 Å². The van der Waals surface area contributed by atoms with Gasteiger partial charge in [0, 0.05) is 18.3 Å². The second-order valence-electron chi connectivity index (χ2n) is 4.66. The van der Waals surface area contributed by atoms with Gasteiger partial charge in [0.15, 0.2) is 0 Å². The lowest BCUT2D eigenvalue weighted by molar-refractivity contribution is 0.234. The average Bonchev–Trinajstić information content (AvgIpc) is 2.27. The first-order chi connectivity index (χ1) is 8.20. The smallest absolute Gasteiger partial charge is 0.322 e. The molecule has 0 aliphatic heterocycles. The summed E-state index contributed by atoms with van der Waals surface area (Å²) in [6.07, 6.45) is 3.48. The van der Waals surface area contributed by atoms with Gasteiger partial charge < -0.3 is 5.32 Å². The van der Waals surface area contributed by atoms with E-state index in [1.165, 1.54) is 12.0 Å². The van der Waals surface area contributed by atoms with Gasteiger partial charge in [-0.1, -0.05) is 17.7 Å². The minimum Gasteiger partial charge on any atom is -0.335 e. The summed E-state index contributed by atoms with van der Waals surface area (Å²) < 4.78 is 0. The highest BCUT2D eigenvalue weighted by molar-refractivity contribution is 5.92. The molecule has 1 fully saturated rings. The molecular weight excluding hydrogens is 212 g/mol. The van der Waals surface area contributed by atoms with Gasteiger partial charge >= 0.3 is 6.03 Å². The van der Waals surface area contributed by atoms with Crippen molar-refractivity contribution in [2.24, 2.45) is 0 Å². The summed E-state index contributed by atoms with van der Waals surface area (Å²) in [6, 6.07) is 8.49. The van der Waals surface area contributed by atoms with Crippen molar-refractivity contribution in [3.63, 3.8) is 0 Å². The van der Waals surface area contributed by atoms with Gasteiger partial charge in [0.25, 0.3) is 0 Å². The molecular formula is C14H20N2O. The Balaban J connectivity index is 2.03. The van der Waals surface area contributed by atoms with E-state index in [-0.39, 0.29) is 6.03 Å². The van der Waals surface area contributed by atoms with Gasteiger partial charge in [0.05, 0.1) is 0 Å². The molecule has 1 saturated carbocycles. The van der Waals surface area contributed by atoms with Gasteiger partial charge in [-0.15, -0.1) is 0 Å². The number of nitrogens with one attached hydrogen (secondary N) is 1. The molecule has 0 atom stereocenters. The predicted molar refractivity (Wildman–Crippen MR) is 70.4 cm³/mol. The van der Waals surface area contributed by atoms with Gasteiger partial charge in [-0.25, -0.2) is 4.79 Å². The fraction of sp³-hybridized carbons (Fsp3) is 0.500. The molecule has 0 spiro atoms. The zero-order valence-electron chi connectivity index (χ0n) is 10.6. The summed E-state index contributed by atoms with van der Waals surface area (Å²) >= 11 is 0. The molecule has 3 nitrogen and oxygen atoms in total. The SMILES string of the molecule is CCN(C(=O)NC1CCC1)c1ccc(C)cc1. The first-order valence-corrected chi connectivity index (χ1v) is 6.35. The molecule has 92 valence electrons. The summed E-state index contributed by atoms with van der Waals surface area (Å²) in [6.45, 7) is 4.75. The zero-order valence-corrected chi connectivity index (χ0v) is 10.6. The lowest BCUT2D eigenvalue weighted by atomic mass is 9.93. The van der Waals surface area contributed by atoms with Crippen LogP contribution in [0.25, 0.3) is 0 Å². The second-order valence-corrected chi connectivity index (χ2v) is 4.66. The van der Waals surface area contributed by atoms with Crippen LogP contribution in [0.3, 0.4) is 0 Å². The summed E-state index contributed by atoms with van der Waals surface area (Å²) in [7, 11) is 0. The molecule has 0 radical (unpaired) electrons. The fourth-order valence-corrected chi connectivity index (χ4v) is 1.97. The van der Waals surface area contributed by atoms with Crippen LogP contribution in [0.15, 0.2) is 24.3 Å². The Morgan fingerprint density at radius 2 is 2.00 bits per heavy atom. The standard InChI is InChI=1S/C14H20N2O/c1-3-16(13-9-7-11(2)8-10-13)14(17)15-12-5-4-6-12/h7-10,12H,3-6H2,1-2H3,(H,15,17). The number of hydrogen-bond donors (Lipinski definition) is 1. The zero-order chi connectivity index (χ0) is 12.3. The molecule has 2 rings (SSSR count). The van der Waals surface area contributed by atoms with Gasteiger partial charge in [0.1, 0.15) is 0 Å². The highest BCUT2D eigenvalue weighted by atomic mass is 16.2. The molecule has 1 aliphatic carbocycles. The Morgan fingerprint density at radius 3 is 2.47 bits per heavy atom. The summed E-state index contributed by atoms with van der Waals surface area (Å²) in [4.78, 5) is 13.9. The van der Waals surface area contributed by atoms with Crippen molar-refractivity contribution in [2.45, 2.75) is 39.2 Å². The number of anilines is 1. The first-order valence-electron chi connectivity index (χ1n) is 6.35. The molecule has 0 bridgehead atoms. The number of rotatable bonds is 3. The molecule has 0 saturated heterocycles. The maximum atomic E-state index is 12.1. The minimum atomic E-state index is 0.0288. The van der Waals surface area contributed by atoms with Crippen molar-refractivity contribution in [2.75, 3.05) is 11.4 Å². The third-order valence-electron chi connectivity index (χ3n) is 3.34. The number of urea groups is 1. The van der Waals surface area contributed by atoms with Gasteiger partial charge in [0.2, 0.25) is 0 Å². The van der Waals surface area contributed by atoms with E-state index >= 15 is 0 Å². The summed E-state index contributed by atoms with van der Waals surface area (Å²) in [5.41, 5.74) is 2.18. The Labute approximate surface area is 103 Å². The van der Waals surface area contributed by atoms with Crippen LogP contribution in [0.5, 0.6) is 0 Å². The van der Waals surface area contributed by atoms with Crippen LogP contribution in [-0.4, -0.2) is 18.6 Å². The molecule has 1 N–H and O–H groups in total. The average molecular weight is 232 g/mol. The Kier molecular flexibility index (Phi) is 3.67. The molecule has 0 heterocycles. The van der Waals surface area contributed by atoms with Crippen LogP contribution in [-0.2, 0) is 0 Å². The van der Waals surface area contributed by atoms with Crippen molar-refractivity contribution in [3.8, 4) is 0 Å². The molecule has 0 aromatic heterocycles. The van der Waals surface area contributed by atoms with Crippen LogP contribution < -0.4 is 10.2 Å². The number of nitrogens with zero attached hydrogens (tertiary/aromatic N) is 1. The van der Waals surface area contributed by atoms with E-state index in [9.17, 15) is 4.79 Å². The van der Waals surface area contributed by atoms with Crippen molar-refractivity contribution in [1.82, 2.24) is 5.32 Å². The van der Waals surface area contributed by atoms with E-state index in [1.807, 2.05) is 31.2 Å². The molecule has 17 heavy (non-hydrogen) atoms. The monoisotopic (exact) mass is 232 g/mol. The number of amides is 2. The van der Waals surface area contributed by atoms with Gasteiger partial charge in [-0.3, -0.25) is 4.90 Å². The maximum absolute atomic E-state index is 12.1. The summed E-state index contributed by atoms with van der Waals surface area (Å²) in [5, 5.41) is 3.07. The number of carbonyl (C=O) groups excluding carboxylic acids is 1. The molecule has 1 aromatic carbocycles. The predicted octanol–water partition coefficient (Wildman–Crippen LogP) is 3.08. The largest absolute Gasteiger partial charge is 0.335 e. The maximum Gasteiger partial charge on any atom is 0.322 e.